The fourth-order valence-electron chi connectivity index (χ4n) is 2.41. The topological polar surface area (TPSA) is 65.7 Å². The van der Waals surface area contributed by atoms with E-state index in [1.807, 2.05) is 24.3 Å². The number of aromatic amines is 1. The Morgan fingerprint density at radius 1 is 1.30 bits per heavy atom. The summed E-state index contributed by atoms with van der Waals surface area (Å²) in [5.41, 5.74) is 3.13. The average Bonchev–Trinajstić information content (AvgIpc) is 3.13. The fraction of sp³-hybridized carbons (Fsp3) is 0.214. The van der Waals surface area contributed by atoms with E-state index in [9.17, 15) is 5.11 Å². The Morgan fingerprint density at radius 2 is 2.10 bits per heavy atom. The third-order valence-corrected chi connectivity index (χ3v) is 3.87. The van der Waals surface area contributed by atoms with E-state index < -0.39 is 0 Å². The van der Waals surface area contributed by atoms with Gasteiger partial charge in [-0.05, 0) is 37.2 Å². The maximum atomic E-state index is 10.3. The molecule has 6 heteroatoms. The van der Waals surface area contributed by atoms with Crippen LogP contribution in [-0.4, -0.2) is 14.7 Å². The van der Waals surface area contributed by atoms with Crippen LogP contribution in [0.5, 0.6) is 5.88 Å². The molecule has 0 unspecified atom stereocenters. The van der Waals surface area contributed by atoms with Crippen LogP contribution in [-0.2, 0) is 0 Å². The van der Waals surface area contributed by atoms with Crippen molar-refractivity contribution < 1.29 is 5.11 Å². The summed E-state index contributed by atoms with van der Waals surface area (Å²) >= 11 is 5.26. The van der Waals surface area contributed by atoms with Gasteiger partial charge in [0.2, 0.25) is 5.88 Å². The Kier molecular flexibility index (Phi) is 2.40. The molecule has 4 rings (SSSR count). The highest BCUT2D eigenvalue weighted by Crippen LogP contribution is 2.41. The lowest BCUT2D eigenvalue weighted by atomic mass is 10.1. The molecule has 0 amide bonds. The summed E-state index contributed by atoms with van der Waals surface area (Å²) < 4.78 is 2.33. The summed E-state index contributed by atoms with van der Waals surface area (Å²) in [4.78, 5) is 3.04. The Hall–Kier alpha value is -2.21. The number of H-pyrrole nitrogens is 1. The predicted octanol–water partition coefficient (Wildman–Crippen LogP) is 4.18. The molecule has 0 bridgehead atoms. The molecule has 5 nitrogen and oxygen atoms in total. The van der Waals surface area contributed by atoms with Crippen molar-refractivity contribution in [2.45, 2.75) is 18.9 Å². The summed E-state index contributed by atoms with van der Waals surface area (Å²) in [5, 5.41) is 18.5. The first-order valence-electron chi connectivity index (χ1n) is 6.50. The van der Waals surface area contributed by atoms with E-state index in [1.165, 1.54) is 0 Å². The second-order valence-electron chi connectivity index (χ2n) is 5.02. The van der Waals surface area contributed by atoms with Crippen LogP contribution in [0, 0.1) is 4.77 Å². The molecule has 0 saturated heterocycles. The number of nitrogens with one attached hydrogen (secondary N) is 1. The Morgan fingerprint density at radius 3 is 2.90 bits per heavy atom. The van der Waals surface area contributed by atoms with Gasteiger partial charge in [0.15, 0.2) is 4.77 Å². The van der Waals surface area contributed by atoms with Crippen molar-refractivity contribution in [3.05, 3.63) is 40.3 Å². The first-order chi connectivity index (χ1) is 9.74. The van der Waals surface area contributed by atoms with Crippen LogP contribution >= 0.6 is 12.2 Å². The van der Waals surface area contributed by atoms with Crippen molar-refractivity contribution in [1.29, 1.82) is 0 Å². The Balaban J connectivity index is 1.81. The van der Waals surface area contributed by atoms with Gasteiger partial charge in [-0.15, -0.1) is 10.2 Å². The minimum absolute atomic E-state index is 0.185. The first kappa shape index (κ1) is 11.6. The first-order valence-corrected chi connectivity index (χ1v) is 6.91. The quantitative estimate of drug-likeness (QED) is 0.812. The van der Waals surface area contributed by atoms with Crippen LogP contribution in [0.2, 0.25) is 0 Å². The van der Waals surface area contributed by atoms with Gasteiger partial charge >= 0.3 is 0 Å². The van der Waals surface area contributed by atoms with Crippen LogP contribution in [0.4, 0.5) is 5.69 Å². The molecule has 2 aliphatic rings. The molecule has 0 radical (unpaired) electrons. The lowest BCUT2D eigenvalue weighted by molar-refractivity contribution is 0.416. The maximum absolute atomic E-state index is 10.3. The van der Waals surface area contributed by atoms with Gasteiger partial charge in [-0.1, -0.05) is 18.2 Å². The van der Waals surface area contributed by atoms with Crippen molar-refractivity contribution in [2.24, 2.45) is 10.2 Å². The van der Waals surface area contributed by atoms with E-state index in [2.05, 4.69) is 15.2 Å². The van der Waals surface area contributed by atoms with E-state index in [0.717, 1.165) is 29.8 Å². The molecular weight excluding hydrogens is 272 g/mol. The molecular formula is C14H12N4OS. The molecule has 1 fully saturated rings. The predicted molar refractivity (Wildman–Crippen MR) is 78.4 cm³/mol. The van der Waals surface area contributed by atoms with E-state index in [-0.39, 0.29) is 5.88 Å². The summed E-state index contributed by atoms with van der Waals surface area (Å²) in [5.74, 6) is 0.185. The molecule has 2 aromatic rings. The highest BCUT2D eigenvalue weighted by Gasteiger charge is 2.28. The number of imidazole rings is 1. The van der Waals surface area contributed by atoms with Gasteiger partial charge in [0.05, 0.1) is 11.4 Å². The number of aromatic nitrogens is 2. The second kappa shape index (κ2) is 4.14. The smallest absolute Gasteiger partial charge is 0.218 e. The van der Waals surface area contributed by atoms with E-state index in [1.54, 1.807) is 10.6 Å². The normalized spacial score (nSPS) is 18.7. The molecule has 2 N–H and O–H groups in total. The Bertz CT molecular complexity index is 811. The number of hydrogen-bond acceptors (Lipinski definition) is 4. The van der Waals surface area contributed by atoms with Crippen molar-refractivity contribution in [1.82, 2.24) is 9.55 Å². The van der Waals surface area contributed by atoms with E-state index >= 15 is 0 Å². The summed E-state index contributed by atoms with van der Waals surface area (Å²) in [7, 11) is 0. The number of benzene rings is 1. The third kappa shape index (κ3) is 1.72. The molecule has 1 aromatic carbocycles. The number of fused-ring (bicyclic) bond motifs is 1. The number of hydrogen-bond donors (Lipinski definition) is 2. The monoisotopic (exact) mass is 284 g/mol. The van der Waals surface area contributed by atoms with E-state index in [4.69, 9.17) is 12.2 Å². The van der Waals surface area contributed by atoms with Crippen LogP contribution in [0.25, 0.3) is 11.8 Å². The SMILES string of the molecule is Oc1c(/C=C2\N=Nc3ccccc32)[nH]c(=S)n1C1CC1. The number of rotatable bonds is 2. The fourth-order valence-corrected chi connectivity index (χ4v) is 2.76. The lowest BCUT2D eigenvalue weighted by Gasteiger charge is -2.00. The highest BCUT2D eigenvalue weighted by molar-refractivity contribution is 7.71. The summed E-state index contributed by atoms with van der Waals surface area (Å²) in [6, 6.07) is 8.08. The molecule has 0 spiro atoms. The highest BCUT2D eigenvalue weighted by atomic mass is 32.1. The zero-order chi connectivity index (χ0) is 13.7. The van der Waals surface area contributed by atoms with Gasteiger partial charge in [-0.2, -0.15) is 0 Å². The maximum Gasteiger partial charge on any atom is 0.218 e. The minimum atomic E-state index is 0.185. The summed E-state index contributed by atoms with van der Waals surface area (Å²) in [6.45, 7) is 0. The van der Waals surface area contributed by atoms with Crippen LogP contribution < -0.4 is 0 Å². The van der Waals surface area contributed by atoms with Crippen molar-refractivity contribution in [2.75, 3.05) is 0 Å². The zero-order valence-corrected chi connectivity index (χ0v) is 11.4. The molecule has 2 heterocycles. The molecule has 1 aliphatic carbocycles. The van der Waals surface area contributed by atoms with Crippen molar-refractivity contribution >= 4 is 29.7 Å². The standard InChI is InChI=1S/C14H12N4OS/c19-13-12(15-14(20)18(13)8-5-6-8)7-11-9-3-1-2-4-10(9)16-17-11/h1-4,7-8,19H,5-6H2,(H,15,20)/b11-7-. The van der Waals surface area contributed by atoms with Gasteiger partial charge in [-0.3, -0.25) is 4.57 Å². The number of nitrogens with zero attached hydrogens (tertiary/aromatic N) is 3. The van der Waals surface area contributed by atoms with Gasteiger partial charge in [0.1, 0.15) is 5.69 Å². The van der Waals surface area contributed by atoms with Gasteiger partial charge in [-0.25, -0.2) is 0 Å². The van der Waals surface area contributed by atoms with Crippen LogP contribution in [0.1, 0.15) is 30.1 Å². The van der Waals surface area contributed by atoms with Crippen LogP contribution in [0.3, 0.4) is 0 Å². The molecule has 1 aliphatic heterocycles. The van der Waals surface area contributed by atoms with Crippen LogP contribution in [0.15, 0.2) is 34.5 Å². The van der Waals surface area contributed by atoms with Gasteiger partial charge in [0, 0.05) is 11.6 Å². The van der Waals surface area contributed by atoms with Crippen molar-refractivity contribution in [3.63, 3.8) is 0 Å². The Labute approximate surface area is 120 Å². The lowest BCUT2D eigenvalue weighted by Crippen LogP contribution is -1.91. The van der Waals surface area contributed by atoms with Crippen molar-refractivity contribution in [3.8, 4) is 5.88 Å². The molecule has 100 valence electrons. The second-order valence-corrected chi connectivity index (χ2v) is 5.40. The number of aromatic hydroxyl groups is 1. The molecule has 0 atom stereocenters. The van der Waals surface area contributed by atoms with Gasteiger partial charge in [0.25, 0.3) is 0 Å². The number of azo groups is 1. The average molecular weight is 284 g/mol. The molecule has 1 aromatic heterocycles. The summed E-state index contributed by atoms with van der Waals surface area (Å²) in [6.07, 6.45) is 3.93. The molecule has 1 saturated carbocycles. The van der Waals surface area contributed by atoms with E-state index in [0.29, 0.717) is 16.5 Å². The minimum Gasteiger partial charge on any atom is -0.493 e. The molecule has 20 heavy (non-hydrogen) atoms. The van der Waals surface area contributed by atoms with Gasteiger partial charge < -0.3 is 10.1 Å². The largest absolute Gasteiger partial charge is 0.493 e. The zero-order valence-electron chi connectivity index (χ0n) is 10.6. The third-order valence-electron chi connectivity index (χ3n) is 3.57.